The molecule has 0 saturated heterocycles. The van der Waals surface area contributed by atoms with Crippen LogP contribution in [0.1, 0.15) is 60.3 Å². The van der Waals surface area contributed by atoms with Crippen LogP contribution >= 0.6 is 0 Å². The number of ether oxygens (including phenoxy) is 1. The molecule has 1 aliphatic rings. The number of hydrogen-bond donors (Lipinski definition) is 1. The lowest BCUT2D eigenvalue weighted by Gasteiger charge is -2.16. The van der Waals surface area contributed by atoms with Crippen molar-refractivity contribution in [2.75, 3.05) is 6.61 Å². The Morgan fingerprint density at radius 3 is 2.44 bits per heavy atom. The van der Waals surface area contributed by atoms with Crippen molar-refractivity contribution in [3.63, 3.8) is 0 Å². The number of aryl methyl sites for hydroxylation is 1. The van der Waals surface area contributed by atoms with Crippen LogP contribution in [0.4, 0.5) is 0 Å². The van der Waals surface area contributed by atoms with Gasteiger partial charge in [0.15, 0.2) is 6.61 Å². The zero-order valence-corrected chi connectivity index (χ0v) is 16.0. The van der Waals surface area contributed by atoms with E-state index in [1.54, 1.807) is 11.6 Å². The summed E-state index contributed by atoms with van der Waals surface area (Å²) in [4.78, 5) is 24.7. The predicted octanol–water partition coefficient (Wildman–Crippen LogP) is 3.48. The number of amides is 1. The third kappa shape index (κ3) is 4.76. The minimum atomic E-state index is -0.511. The topological polar surface area (TPSA) is 73.2 Å². The predicted molar refractivity (Wildman–Crippen MR) is 103 cm³/mol. The maximum absolute atomic E-state index is 12.5. The molecule has 1 aliphatic carbocycles. The van der Waals surface area contributed by atoms with Crippen LogP contribution in [0.5, 0.6) is 0 Å². The van der Waals surface area contributed by atoms with E-state index in [-0.39, 0.29) is 18.6 Å². The molecule has 0 spiro atoms. The number of nitrogens with one attached hydrogen (secondary N) is 1. The number of hydrogen-bond acceptors (Lipinski definition) is 4. The van der Waals surface area contributed by atoms with E-state index in [0.717, 1.165) is 31.4 Å². The number of nitrogens with zero attached hydrogens (tertiary/aromatic N) is 2. The zero-order chi connectivity index (χ0) is 19.2. The van der Waals surface area contributed by atoms with Gasteiger partial charge in [0.05, 0.1) is 17.1 Å². The summed E-state index contributed by atoms with van der Waals surface area (Å²) in [6.07, 6.45) is 6.74. The standard InChI is InChI=1S/C21H27N3O3/c1-15-20(16(2)24(23-15)18-12-8-5-9-13-18)21(26)27-14-19(25)22-17-10-6-3-4-7-11-17/h5,8-9,12-13,17H,3-4,6-7,10-11,14H2,1-2H3,(H,22,25). The molecule has 6 nitrogen and oxygen atoms in total. The highest BCUT2D eigenvalue weighted by molar-refractivity contribution is 5.93. The number of benzene rings is 1. The van der Waals surface area contributed by atoms with Gasteiger partial charge in [0.25, 0.3) is 5.91 Å². The fourth-order valence-corrected chi connectivity index (χ4v) is 3.66. The zero-order valence-electron chi connectivity index (χ0n) is 16.0. The van der Waals surface area contributed by atoms with Gasteiger partial charge >= 0.3 is 5.97 Å². The first kappa shape index (κ1) is 19.1. The second kappa shape index (κ2) is 8.84. The third-order valence-electron chi connectivity index (χ3n) is 5.05. The summed E-state index contributed by atoms with van der Waals surface area (Å²) in [5, 5.41) is 7.44. The van der Waals surface area contributed by atoms with Crippen LogP contribution in [-0.2, 0) is 9.53 Å². The highest BCUT2D eigenvalue weighted by atomic mass is 16.5. The Morgan fingerprint density at radius 1 is 1.11 bits per heavy atom. The average Bonchev–Trinajstić information content (AvgIpc) is 2.83. The fraction of sp³-hybridized carbons (Fsp3) is 0.476. The molecule has 0 radical (unpaired) electrons. The van der Waals surface area contributed by atoms with Crippen molar-refractivity contribution in [3.05, 3.63) is 47.3 Å². The first-order valence-corrected chi connectivity index (χ1v) is 9.64. The van der Waals surface area contributed by atoms with E-state index in [2.05, 4.69) is 10.4 Å². The van der Waals surface area contributed by atoms with Crippen molar-refractivity contribution in [3.8, 4) is 5.69 Å². The molecule has 1 saturated carbocycles. The maximum Gasteiger partial charge on any atom is 0.342 e. The lowest BCUT2D eigenvalue weighted by atomic mass is 10.1. The van der Waals surface area contributed by atoms with E-state index in [1.165, 1.54) is 12.8 Å². The fourth-order valence-electron chi connectivity index (χ4n) is 3.66. The molecule has 1 N–H and O–H groups in total. The SMILES string of the molecule is Cc1nn(-c2ccccc2)c(C)c1C(=O)OCC(=O)NC1CCCCCC1. The molecule has 3 rings (SSSR count). The van der Waals surface area contributed by atoms with Crippen LogP contribution in [0.2, 0.25) is 0 Å². The molecule has 0 bridgehead atoms. The van der Waals surface area contributed by atoms with Crippen molar-refractivity contribution in [2.24, 2.45) is 0 Å². The van der Waals surface area contributed by atoms with E-state index in [9.17, 15) is 9.59 Å². The number of carbonyl (C=O) groups is 2. The largest absolute Gasteiger partial charge is 0.452 e. The quantitative estimate of drug-likeness (QED) is 0.647. The highest BCUT2D eigenvalue weighted by Crippen LogP contribution is 2.19. The molecule has 144 valence electrons. The summed E-state index contributed by atoms with van der Waals surface area (Å²) in [5.41, 5.74) is 2.59. The van der Waals surface area contributed by atoms with Crippen LogP contribution in [0.3, 0.4) is 0 Å². The van der Waals surface area contributed by atoms with Gasteiger partial charge in [0, 0.05) is 6.04 Å². The van der Waals surface area contributed by atoms with Crippen LogP contribution < -0.4 is 5.32 Å². The lowest BCUT2D eigenvalue weighted by Crippen LogP contribution is -2.37. The second-order valence-electron chi connectivity index (χ2n) is 7.13. The molecule has 1 heterocycles. The van der Waals surface area contributed by atoms with Gasteiger partial charge in [-0.1, -0.05) is 43.9 Å². The van der Waals surface area contributed by atoms with E-state index in [1.807, 2.05) is 37.3 Å². The minimum absolute atomic E-state index is 0.197. The molecule has 1 aromatic heterocycles. The molecule has 0 aliphatic heterocycles. The number of carbonyl (C=O) groups excluding carboxylic acids is 2. The molecular formula is C21H27N3O3. The van der Waals surface area contributed by atoms with Gasteiger partial charge in [0.2, 0.25) is 0 Å². The Labute approximate surface area is 159 Å². The Kier molecular flexibility index (Phi) is 6.27. The van der Waals surface area contributed by atoms with Crippen LogP contribution in [0.15, 0.2) is 30.3 Å². The van der Waals surface area contributed by atoms with E-state index in [0.29, 0.717) is 17.0 Å². The van der Waals surface area contributed by atoms with E-state index < -0.39 is 5.97 Å². The Hall–Kier alpha value is -2.63. The molecule has 0 atom stereocenters. The normalized spacial score (nSPS) is 15.2. The molecule has 0 unspecified atom stereocenters. The van der Waals surface area contributed by atoms with Gasteiger partial charge in [-0.25, -0.2) is 9.48 Å². The first-order valence-electron chi connectivity index (χ1n) is 9.64. The van der Waals surface area contributed by atoms with Crippen molar-refractivity contribution >= 4 is 11.9 Å². The molecule has 27 heavy (non-hydrogen) atoms. The van der Waals surface area contributed by atoms with Gasteiger partial charge < -0.3 is 10.1 Å². The van der Waals surface area contributed by atoms with E-state index in [4.69, 9.17) is 4.74 Å². The smallest absolute Gasteiger partial charge is 0.342 e. The molecular weight excluding hydrogens is 342 g/mol. The number of esters is 1. The molecule has 1 amide bonds. The van der Waals surface area contributed by atoms with Crippen LogP contribution in [-0.4, -0.2) is 34.3 Å². The minimum Gasteiger partial charge on any atom is -0.452 e. The van der Waals surface area contributed by atoms with Gasteiger partial charge in [0.1, 0.15) is 5.56 Å². The van der Waals surface area contributed by atoms with Crippen molar-refractivity contribution in [2.45, 2.75) is 58.4 Å². The highest BCUT2D eigenvalue weighted by Gasteiger charge is 2.22. The number of para-hydroxylation sites is 1. The first-order chi connectivity index (χ1) is 13.1. The summed E-state index contributed by atoms with van der Waals surface area (Å²) in [7, 11) is 0. The van der Waals surface area contributed by atoms with Crippen molar-refractivity contribution < 1.29 is 14.3 Å². The lowest BCUT2D eigenvalue weighted by molar-refractivity contribution is -0.125. The van der Waals surface area contributed by atoms with E-state index >= 15 is 0 Å². The van der Waals surface area contributed by atoms with Gasteiger partial charge in [-0.2, -0.15) is 5.10 Å². The maximum atomic E-state index is 12.5. The van der Waals surface area contributed by atoms with Crippen molar-refractivity contribution in [1.82, 2.24) is 15.1 Å². The second-order valence-corrected chi connectivity index (χ2v) is 7.13. The number of rotatable bonds is 5. The monoisotopic (exact) mass is 369 g/mol. The van der Waals surface area contributed by atoms with Gasteiger partial charge in [-0.3, -0.25) is 4.79 Å². The molecule has 2 aromatic rings. The van der Waals surface area contributed by atoms with Gasteiger partial charge in [-0.15, -0.1) is 0 Å². The molecule has 1 aromatic carbocycles. The summed E-state index contributed by atoms with van der Waals surface area (Å²) in [5.74, 6) is -0.746. The molecule has 6 heteroatoms. The van der Waals surface area contributed by atoms with Crippen molar-refractivity contribution in [1.29, 1.82) is 0 Å². The Balaban J connectivity index is 1.61. The Bertz CT molecular complexity index is 791. The van der Waals surface area contributed by atoms with Crippen LogP contribution in [0.25, 0.3) is 5.69 Å². The van der Waals surface area contributed by atoms with Gasteiger partial charge in [-0.05, 0) is 38.8 Å². The Morgan fingerprint density at radius 2 is 1.78 bits per heavy atom. The summed E-state index contributed by atoms with van der Waals surface area (Å²) in [6, 6.07) is 9.81. The third-order valence-corrected chi connectivity index (χ3v) is 5.05. The molecule has 1 fully saturated rings. The summed E-state index contributed by atoms with van der Waals surface area (Å²) in [6.45, 7) is 3.34. The average molecular weight is 369 g/mol. The summed E-state index contributed by atoms with van der Waals surface area (Å²) >= 11 is 0. The number of aromatic nitrogens is 2. The van der Waals surface area contributed by atoms with Crippen LogP contribution in [0, 0.1) is 13.8 Å². The summed E-state index contributed by atoms with van der Waals surface area (Å²) < 4.78 is 6.99.